The van der Waals surface area contributed by atoms with Gasteiger partial charge in [0.2, 0.25) is 0 Å². The number of thiazole rings is 1. The lowest BCUT2D eigenvalue weighted by atomic mass is 10.1. The SMILES string of the molecule is CCN(CC)C(=O)c1cccc(NC(=O)c2csc(-c3ccc(OC)cc3)n2)c1. The molecule has 6 nitrogen and oxygen atoms in total. The molecule has 0 radical (unpaired) electrons. The predicted octanol–water partition coefficient (Wildman–Crippen LogP) is 4.55. The Morgan fingerprint density at radius 2 is 1.83 bits per heavy atom. The second kappa shape index (κ2) is 9.34. The largest absolute Gasteiger partial charge is 0.497 e. The van der Waals surface area contributed by atoms with Gasteiger partial charge >= 0.3 is 0 Å². The van der Waals surface area contributed by atoms with Crippen LogP contribution in [0.3, 0.4) is 0 Å². The number of amides is 2. The van der Waals surface area contributed by atoms with E-state index in [2.05, 4.69) is 10.3 Å². The van der Waals surface area contributed by atoms with Gasteiger partial charge in [0.25, 0.3) is 11.8 Å². The first kappa shape index (κ1) is 20.5. The van der Waals surface area contributed by atoms with Crippen LogP contribution in [-0.2, 0) is 0 Å². The van der Waals surface area contributed by atoms with E-state index in [1.807, 2.05) is 38.1 Å². The molecule has 2 amide bonds. The van der Waals surface area contributed by atoms with Crippen molar-refractivity contribution in [1.29, 1.82) is 0 Å². The van der Waals surface area contributed by atoms with Gasteiger partial charge in [-0.1, -0.05) is 6.07 Å². The molecule has 0 bridgehead atoms. The number of ether oxygens (including phenoxy) is 1. The van der Waals surface area contributed by atoms with Gasteiger partial charge in [-0.05, 0) is 56.3 Å². The fourth-order valence-electron chi connectivity index (χ4n) is 2.86. The van der Waals surface area contributed by atoms with Gasteiger partial charge in [-0.3, -0.25) is 9.59 Å². The molecule has 3 rings (SSSR count). The van der Waals surface area contributed by atoms with Crippen LogP contribution in [0.25, 0.3) is 10.6 Å². The van der Waals surface area contributed by atoms with Gasteiger partial charge in [0, 0.05) is 35.3 Å². The van der Waals surface area contributed by atoms with E-state index >= 15 is 0 Å². The molecule has 0 saturated heterocycles. The topological polar surface area (TPSA) is 71.5 Å². The van der Waals surface area contributed by atoms with Crippen LogP contribution in [0.5, 0.6) is 5.75 Å². The van der Waals surface area contributed by atoms with Gasteiger partial charge in [0.15, 0.2) is 0 Å². The number of rotatable bonds is 7. The van der Waals surface area contributed by atoms with E-state index in [-0.39, 0.29) is 11.8 Å². The molecular formula is C22H23N3O3S. The van der Waals surface area contributed by atoms with E-state index in [4.69, 9.17) is 4.74 Å². The molecule has 2 aromatic carbocycles. The quantitative estimate of drug-likeness (QED) is 0.621. The highest BCUT2D eigenvalue weighted by Gasteiger charge is 2.15. The van der Waals surface area contributed by atoms with Crippen molar-refractivity contribution in [2.75, 3.05) is 25.5 Å². The number of nitrogens with zero attached hydrogens (tertiary/aromatic N) is 2. The maximum atomic E-state index is 12.6. The smallest absolute Gasteiger partial charge is 0.275 e. The van der Waals surface area contributed by atoms with Gasteiger partial charge in [-0.2, -0.15) is 0 Å². The monoisotopic (exact) mass is 409 g/mol. The molecule has 0 unspecified atom stereocenters. The van der Waals surface area contributed by atoms with Crippen molar-refractivity contribution < 1.29 is 14.3 Å². The maximum absolute atomic E-state index is 12.6. The van der Waals surface area contributed by atoms with E-state index in [0.29, 0.717) is 30.0 Å². The minimum absolute atomic E-state index is 0.0541. The van der Waals surface area contributed by atoms with Gasteiger partial charge < -0.3 is 15.0 Å². The lowest BCUT2D eigenvalue weighted by Gasteiger charge is -2.18. The van der Waals surface area contributed by atoms with Crippen LogP contribution in [0.15, 0.2) is 53.9 Å². The van der Waals surface area contributed by atoms with E-state index in [9.17, 15) is 9.59 Å². The molecule has 3 aromatic rings. The minimum atomic E-state index is -0.312. The van der Waals surface area contributed by atoms with Crippen LogP contribution in [-0.4, -0.2) is 41.9 Å². The summed E-state index contributed by atoms with van der Waals surface area (Å²) in [7, 11) is 1.62. The molecule has 29 heavy (non-hydrogen) atoms. The van der Waals surface area contributed by atoms with Crippen LogP contribution in [0.4, 0.5) is 5.69 Å². The lowest BCUT2D eigenvalue weighted by molar-refractivity contribution is 0.0772. The highest BCUT2D eigenvalue weighted by Crippen LogP contribution is 2.26. The number of hydrogen-bond acceptors (Lipinski definition) is 5. The number of anilines is 1. The highest BCUT2D eigenvalue weighted by molar-refractivity contribution is 7.13. The number of hydrogen-bond donors (Lipinski definition) is 1. The molecule has 0 aliphatic heterocycles. The number of aromatic nitrogens is 1. The van der Waals surface area contributed by atoms with Crippen molar-refractivity contribution in [3.8, 4) is 16.3 Å². The fourth-order valence-corrected chi connectivity index (χ4v) is 3.67. The van der Waals surface area contributed by atoms with Crippen LogP contribution >= 0.6 is 11.3 Å². The normalized spacial score (nSPS) is 10.4. The fraction of sp³-hybridized carbons (Fsp3) is 0.227. The van der Waals surface area contributed by atoms with Crippen LogP contribution in [0, 0.1) is 0 Å². The number of benzene rings is 2. The van der Waals surface area contributed by atoms with Gasteiger partial charge in [-0.15, -0.1) is 11.3 Å². The average Bonchev–Trinajstić information content (AvgIpc) is 3.25. The standard InChI is InChI=1S/C22H23N3O3S/c1-4-25(5-2)22(27)16-7-6-8-17(13-16)23-20(26)19-14-29-21(24-19)15-9-11-18(28-3)12-10-15/h6-14H,4-5H2,1-3H3,(H,23,26). The van der Waals surface area contributed by atoms with Crippen molar-refractivity contribution >= 4 is 28.8 Å². The van der Waals surface area contributed by atoms with Crippen LogP contribution < -0.4 is 10.1 Å². The van der Waals surface area contributed by atoms with E-state index in [1.54, 1.807) is 41.7 Å². The Balaban J connectivity index is 1.73. The zero-order valence-corrected chi connectivity index (χ0v) is 17.5. The minimum Gasteiger partial charge on any atom is -0.497 e. The van der Waals surface area contributed by atoms with Crippen molar-refractivity contribution in [3.63, 3.8) is 0 Å². The first-order valence-corrected chi connectivity index (χ1v) is 10.2. The molecule has 1 heterocycles. The molecule has 1 aromatic heterocycles. The Morgan fingerprint density at radius 3 is 2.48 bits per heavy atom. The Kier molecular flexibility index (Phi) is 6.61. The molecule has 0 saturated carbocycles. The van der Waals surface area contributed by atoms with Crippen LogP contribution in [0.1, 0.15) is 34.7 Å². The Hall–Kier alpha value is -3.19. The van der Waals surface area contributed by atoms with Gasteiger partial charge in [-0.25, -0.2) is 4.98 Å². The molecule has 0 aliphatic rings. The molecule has 0 spiro atoms. The number of carbonyl (C=O) groups excluding carboxylic acids is 2. The van der Waals surface area contributed by atoms with E-state index in [0.717, 1.165) is 16.3 Å². The molecule has 0 fully saturated rings. The molecule has 0 aliphatic carbocycles. The number of methoxy groups -OCH3 is 1. The summed E-state index contributed by atoms with van der Waals surface area (Å²) in [5, 5.41) is 5.30. The third-order valence-corrected chi connectivity index (χ3v) is 5.38. The summed E-state index contributed by atoms with van der Waals surface area (Å²) in [6.07, 6.45) is 0. The lowest BCUT2D eigenvalue weighted by Crippen LogP contribution is -2.30. The van der Waals surface area contributed by atoms with Crippen molar-refractivity contribution in [1.82, 2.24) is 9.88 Å². The average molecular weight is 410 g/mol. The Bertz CT molecular complexity index is 995. The molecule has 150 valence electrons. The van der Waals surface area contributed by atoms with E-state index in [1.165, 1.54) is 11.3 Å². The molecular weight excluding hydrogens is 386 g/mol. The van der Waals surface area contributed by atoms with Gasteiger partial charge in [0.1, 0.15) is 16.5 Å². The second-order valence-electron chi connectivity index (χ2n) is 6.28. The summed E-state index contributed by atoms with van der Waals surface area (Å²) >= 11 is 1.40. The van der Waals surface area contributed by atoms with E-state index < -0.39 is 0 Å². The summed E-state index contributed by atoms with van der Waals surface area (Å²) < 4.78 is 5.16. The maximum Gasteiger partial charge on any atom is 0.275 e. The third-order valence-electron chi connectivity index (χ3n) is 4.49. The second-order valence-corrected chi connectivity index (χ2v) is 7.14. The highest BCUT2D eigenvalue weighted by atomic mass is 32.1. The van der Waals surface area contributed by atoms with Crippen LogP contribution in [0.2, 0.25) is 0 Å². The first-order chi connectivity index (χ1) is 14.0. The predicted molar refractivity (Wildman–Crippen MR) is 116 cm³/mol. The number of nitrogens with one attached hydrogen (secondary N) is 1. The molecule has 0 atom stereocenters. The summed E-state index contributed by atoms with van der Waals surface area (Å²) in [5.74, 6) is 0.400. The van der Waals surface area contributed by atoms with Crippen molar-refractivity contribution in [2.45, 2.75) is 13.8 Å². The summed E-state index contributed by atoms with van der Waals surface area (Å²) in [5.41, 5.74) is 2.36. The first-order valence-electron chi connectivity index (χ1n) is 9.36. The molecule has 7 heteroatoms. The summed E-state index contributed by atoms with van der Waals surface area (Å²) in [6.45, 7) is 5.16. The van der Waals surface area contributed by atoms with Crippen molar-refractivity contribution in [2.24, 2.45) is 0 Å². The summed E-state index contributed by atoms with van der Waals surface area (Å²) in [6, 6.07) is 14.5. The zero-order valence-electron chi connectivity index (χ0n) is 16.6. The Morgan fingerprint density at radius 1 is 1.10 bits per heavy atom. The van der Waals surface area contributed by atoms with Gasteiger partial charge in [0.05, 0.1) is 7.11 Å². The third kappa shape index (κ3) is 4.81. The van der Waals surface area contributed by atoms with Crippen molar-refractivity contribution in [3.05, 3.63) is 65.2 Å². The zero-order chi connectivity index (χ0) is 20.8. The number of carbonyl (C=O) groups is 2. The Labute approximate surface area is 174 Å². The summed E-state index contributed by atoms with van der Waals surface area (Å²) in [4.78, 5) is 31.3. The molecule has 1 N–H and O–H groups in total.